The van der Waals surface area contributed by atoms with Crippen LogP contribution in [0.2, 0.25) is 0 Å². The third-order valence-corrected chi connectivity index (χ3v) is 5.86. The monoisotopic (exact) mass is 336 g/mol. The van der Waals surface area contributed by atoms with E-state index in [4.69, 9.17) is 10.5 Å². The fraction of sp³-hybridized carbons (Fsp3) is 0.455. The number of piperidine rings is 1. The summed E-state index contributed by atoms with van der Waals surface area (Å²) >= 11 is 0. The van der Waals surface area contributed by atoms with E-state index >= 15 is 0 Å². The molecule has 25 heavy (non-hydrogen) atoms. The van der Waals surface area contributed by atoms with Crippen LogP contribution in [0.4, 0.5) is 0 Å². The molecule has 0 amide bonds. The molecule has 0 aromatic heterocycles. The van der Waals surface area contributed by atoms with E-state index in [2.05, 4.69) is 35.2 Å². The molecule has 4 rings (SSSR count). The van der Waals surface area contributed by atoms with E-state index in [1.807, 2.05) is 24.3 Å². The van der Waals surface area contributed by atoms with Crippen molar-refractivity contribution >= 4 is 0 Å². The number of benzene rings is 2. The molecule has 0 unspecified atom stereocenters. The fourth-order valence-corrected chi connectivity index (χ4v) is 4.38. The lowest BCUT2D eigenvalue weighted by Gasteiger charge is -2.51. The molecular formula is C22H28N2O. The van der Waals surface area contributed by atoms with E-state index in [9.17, 15) is 0 Å². The first-order valence-electron chi connectivity index (χ1n) is 9.44. The van der Waals surface area contributed by atoms with Crippen LogP contribution >= 0.6 is 0 Å². The third kappa shape index (κ3) is 4.05. The molecule has 132 valence electrons. The van der Waals surface area contributed by atoms with Gasteiger partial charge in [-0.05, 0) is 67.4 Å². The summed E-state index contributed by atoms with van der Waals surface area (Å²) in [5.41, 5.74) is 9.12. The Kier molecular flexibility index (Phi) is 4.78. The van der Waals surface area contributed by atoms with Crippen molar-refractivity contribution < 1.29 is 4.74 Å². The van der Waals surface area contributed by atoms with Crippen LogP contribution in [0.25, 0.3) is 0 Å². The molecule has 2 aromatic rings. The maximum Gasteiger partial charge on any atom is 0.120 e. The molecular weight excluding hydrogens is 308 g/mol. The second-order valence-corrected chi connectivity index (χ2v) is 7.87. The standard InChI is InChI=1S/C22H28N2O/c23-20-14-22(15-20)9-11-24(12-10-22)16-19-7-4-8-21(13-19)25-17-18-5-2-1-3-6-18/h1-8,13,20H,9-12,14-17,23H2. The van der Waals surface area contributed by atoms with Gasteiger partial charge in [0.2, 0.25) is 0 Å². The number of nitrogens with two attached hydrogens (primary N) is 1. The van der Waals surface area contributed by atoms with E-state index < -0.39 is 0 Å². The summed E-state index contributed by atoms with van der Waals surface area (Å²) < 4.78 is 5.96. The van der Waals surface area contributed by atoms with Crippen molar-refractivity contribution in [2.45, 2.75) is 44.9 Å². The van der Waals surface area contributed by atoms with Gasteiger partial charge in [0.1, 0.15) is 12.4 Å². The molecule has 1 heterocycles. The second-order valence-electron chi connectivity index (χ2n) is 7.87. The van der Waals surface area contributed by atoms with Gasteiger partial charge in [0.25, 0.3) is 0 Å². The number of rotatable bonds is 5. The number of hydrogen-bond acceptors (Lipinski definition) is 3. The van der Waals surface area contributed by atoms with E-state index in [0.717, 1.165) is 12.3 Å². The average Bonchev–Trinajstić information content (AvgIpc) is 2.62. The van der Waals surface area contributed by atoms with Gasteiger partial charge >= 0.3 is 0 Å². The predicted molar refractivity (Wildman–Crippen MR) is 101 cm³/mol. The summed E-state index contributed by atoms with van der Waals surface area (Å²) in [6.45, 7) is 4.03. The minimum atomic E-state index is 0.463. The highest BCUT2D eigenvalue weighted by Crippen LogP contribution is 2.48. The van der Waals surface area contributed by atoms with Gasteiger partial charge in [-0.1, -0.05) is 42.5 Å². The Morgan fingerprint density at radius 1 is 0.960 bits per heavy atom. The van der Waals surface area contributed by atoms with E-state index in [1.54, 1.807) is 0 Å². The van der Waals surface area contributed by atoms with E-state index in [1.165, 1.54) is 49.9 Å². The fourth-order valence-electron chi connectivity index (χ4n) is 4.38. The third-order valence-electron chi connectivity index (χ3n) is 5.86. The second kappa shape index (κ2) is 7.19. The zero-order valence-corrected chi connectivity index (χ0v) is 14.9. The van der Waals surface area contributed by atoms with Crippen molar-refractivity contribution in [1.82, 2.24) is 4.90 Å². The maximum absolute atomic E-state index is 6.00. The summed E-state index contributed by atoms with van der Waals surface area (Å²) in [7, 11) is 0. The van der Waals surface area contributed by atoms with Crippen LogP contribution in [0.1, 0.15) is 36.8 Å². The predicted octanol–water partition coefficient (Wildman–Crippen LogP) is 3.97. The molecule has 0 bridgehead atoms. The molecule has 2 aromatic carbocycles. The number of likely N-dealkylation sites (tertiary alicyclic amines) is 1. The van der Waals surface area contributed by atoms with Gasteiger partial charge in [-0.15, -0.1) is 0 Å². The summed E-state index contributed by atoms with van der Waals surface area (Å²) in [4.78, 5) is 2.57. The van der Waals surface area contributed by atoms with E-state index in [-0.39, 0.29) is 0 Å². The van der Waals surface area contributed by atoms with Gasteiger partial charge in [-0.25, -0.2) is 0 Å². The molecule has 1 saturated carbocycles. The molecule has 0 radical (unpaired) electrons. The first-order chi connectivity index (χ1) is 12.2. The summed E-state index contributed by atoms with van der Waals surface area (Å²) in [5, 5.41) is 0. The molecule has 1 aliphatic heterocycles. The average molecular weight is 336 g/mol. The van der Waals surface area contributed by atoms with Gasteiger partial charge in [0.15, 0.2) is 0 Å². The quantitative estimate of drug-likeness (QED) is 0.898. The minimum Gasteiger partial charge on any atom is -0.489 e. The first kappa shape index (κ1) is 16.6. The smallest absolute Gasteiger partial charge is 0.120 e. The summed E-state index contributed by atoms with van der Waals surface area (Å²) in [6.07, 6.45) is 5.10. The zero-order chi connectivity index (χ0) is 17.1. The molecule has 3 heteroatoms. The molecule has 3 nitrogen and oxygen atoms in total. The van der Waals surface area contributed by atoms with Crippen molar-refractivity contribution in [3.63, 3.8) is 0 Å². The van der Waals surface area contributed by atoms with Crippen LogP contribution in [-0.4, -0.2) is 24.0 Å². The minimum absolute atomic E-state index is 0.463. The van der Waals surface area contributed by atoms with Crippen LogP contribution in [0.5, 0.6) is 5.75 Å². The van der Waals surface area contributed by atoms with Crippen molar-refractivity contribution in [3.8, 4) is 5.75 Å². The highest BCUT2D eigenvalue weighted by Gasteiger charge is 2.43. The van der Waals surface area contributed by atoms with Crippen molar-refractivity contribution in [3.05, 3.63) is 65.7 Å². The lowest BCUT2D eigenvalue weighted by atomic mass is 9.61. The van der Waals surface area contributed by atoms with Crippen LogP contribution in [-0.2, 0) is 13.2 Å². The van der Waals surface area contributed by atoms with Gasteiger partial charge in [0, 0.05) is 12.6 Å². The summed E-state index contributed by atoms with van der Waals surface area (Å²) in [5.74, 6) is 0.958. The van der Waals surface area contributed by atoms with Crippen molar-refractivity contribution in [2.75, 3.05) is 13.1 Å². The van der Waals surface area contributed by atoms with Gasteiger partial charge < -0.3 is 10.5 Å². The van der Waals surface area contributed by atoms with Crippen molar-refractivity contribution in [2.24, 2.45) is 11.1 Å². The highest BCUT2D eigenvalue weighted by molar-refractivity contribution is 5.29. The molecule has 1 saturated heterocycles. The number of ether oxygens (including phenoxy) is 1. The highest BCUT2D eigenvalue weighted by atomic mass is 16.5. The Hall–Kier alpha value is -1.84. The zero-order valence-electron chi connectivity index (χ0n) is 14.9. The van der Waals surface area contributed by atoms with Gasteiger partial charge in [-0.3, -0.25) is 4.90 Å². The van der Waals surface area contributed by atoms with Crippen LogP contribution in [0.3, 0.4) is 0 Å². The Morgan fingerprint density at radius 2 is 1.68 bits per heavy atom. The van der Waals surface area contributed by atoms with Gasteiger partial charge in [0.05, 0.1) is 0 Å². The molecule has 0 atom stereocenters. The molecule has 1 aliphatic carbocycles. The van der Waals surface area contributed by atoms with Crippen LogP contribution in [0, 0.1) is 5.41 Å². The topological polar surface area (TPSA) is 38.5 Å². The number of nitrogens with zero attached hydrogens (tertiary/aromatic N) is 1. The Balaban J connectivity index is 1.30. The normalized spacial score (nSPS) is 20.4. The molecule has 1 spiro atoms. The molecule has 2 N–H and O–H groups in total. The maximum atomic E-state index is 6.00. The van der Waals surface area contributed by atoms with Gasteiger partial charge in [-0.2, -0.15) is 0 Å². The van der Waals surface area contributed by atoms with E-state index in [0.29, 0.717) is 18.1 Å². The van der Waals surface area contributed by atoms with Crippen LogP contribution in [0.15, 0.2) is 54.6 Å². The Bertz CT molecular complexity index is 684. The van der Waals surface area contributed by atoms with Crippen LogP contribution < -0.4 is 10.5 Å². The molecule has 2 aliphatic rings. The Labute approximate surface area is 150 Å². The number of hydrogen-bond donors (Lipinski definition) is 1. The molecule has 2 fully saturated rings. The summed E-state index contributed by atoms with van der Waals surface area (Å²) in [6, 6.07) is 19.3. The SMILES string of the molecule is NC1CC2(CCN(Cc3cccc(OCc4ccccc4)c3)CC2)C1. The Morgan fingerprint density at radius 3 is 2.40 bits per heavy atom. The largest absolute Gasteiger partial charge is 0.489 e. The lowest BCUT2D eigenvalue weighted by molar-refractivity contribution is 0.0154. The lowest BCUT2D eigenvalue weighted by Crippen LogP contribution is -2.51. The first-order valence-corrected chi connectivity index (χ1v) is 9.44. The van der Waals surface area contributed by atoms with Crippen molar-refractivity contribution in [1.29, 1.82) is 0 Å².